The van der Waals surface area contributed by atoms with Gasteiger partial charge in [0.05, 0.1) is 59.5 Å². The number of carbonyl (C=O) groups is 2. The third-order valence-corrected chi connectivity index (χ3v) is 25.3. The second-order valence-electron chi connectivity index (χ2n) is 26.5. The predicted octanol–water partition coefficient (Wildman–Crippen LogP) is 10.5. The first-order valence-corrected chi connectivity index (χ1v) is 35.4. The number of sulfonamides is 2. The zero-order valence-corrected chi connectivity index (χ0v) is 54.5. The molecule has 2 fully saturated rings. The molecule has 0 radical (unpaired) electrons. The number of carbonyl (C=O) groups excluding carboxylic acids is 2. The maximum absolute atomic E-state index is 13.5. The summed E-state index contributed by atoms with van der Waals surface area (Å²) in [5.41, 5.74) is 6.63. The molecule has 0 saturated heterocycles. The van der Waals surface area contributed by atoms with Crippen molar-refractivity contribution in [1.29, 1.82) is 0 Å². The lowest BCUT2D eigenvalue weighted by atomic mass is 9.68. The van der Waals surface area contributed by atoms with Crippen molar-refractivity contribution in [3.63, 3.8) is 0 Å². The molecule has 20 heteroatoms. The summed E-state index contributed by atoms with van der Waals surface area (Å²) >= 11 is 12.8. The number of aliphatic hydroxyl groups excluding tert-OH is 2. The molecule has 4 aliphatic carbocycles. The monoisotopic (exact) mass is 1280 g/mol. The van der Waals surface area contributed by atoms with Crippen LogP contribution in [0, 0.1) is 35.5 Å². The maximum Gasteiger partial charge on any atom is 0.264 e. The largest absolute Gasteiger partial charge is 0.490 e. The van der Waals surface area contributed by atoms with Crippen LogP contribution in [0.25, 0.3) is 0 Å². The topological polar surface area (TPSA) is 210 Å². The molecular weight excluding hydrogens is 1200 g/mol. The van der Waals surface area contributed by atoms with Gasteiger partial charge in [0.1, 0.15) is 11.5 Å². The summed E-state index contributed by atoms with van der Waals surface area (Å²) in [4.78, 5) is 31.7. The lowest BCUT2D eigenvalue weighted by Crippen LogP contribution is -2.49. The zero-order chi connectivity index (χ0) is 62.5. The smallest absolute Gasteiger partial charge is 0.264 e. The van der Waals surface area contributed by atoms with Gasteiger partial charge in [-0.15, -0.1) is 0 Å². The Balaban J connectivity index is 0.000000182. The molecule has 12 rings (SSSR count). The Morgan fingerprint density at radius 2 is 1.01 bits per heavy atom. The summed E-state index contributed by atoms with van der Waals surface area (Å²) in [5, 5.41) is 20.5. The van der Waals surface area contributed by atoms with Gasteiger partial charge in [-0.3, -0.25) is 9.59 Å². The van der Waals surface area contributed by atoms with Crippen molar-refractivity contribution in [3.05, 3.63) is 141 Å². The van der Waals surface area contributed by atoms with Crippen LogP contribution >= 0.6 is 23.2 Å². The Kier molecular flexibility index (Phi) is 19.2. The molecule has 4 aromatic carbocycles. The maximum atomic E-state index is 13.5. The molecule has 4 heterocycles. The van der Waals surface area contributed by atoms with Gasteiger partial charge < -0.3 is 39.0 Å². The van der Waals surface area contributed by atoms with E-state index in [-0.39, 0.29) is 34.2 Å². The predicted molar refractivity (Wildman–Crippen MR) is 344 cm³/mol. The fraction of sp³-hybridized carbons (Fsp3) is 0.559. The zero-order valence-electron chi connectivity index (χ0n) is 51.3. The Morgan fingerprint density at radius 3 is 1.38 bits per heavy atom. The van der Waals surface area contributed by atoms with Crippen LogP contribution in [0.3, 0.4) is 0 Å². The quantitative estimate of drug-likeness (QED) is 0.140. The van der Waals surface area contributed by atoms with Crippen LogP contribution in [0.5, 0.6) is 11.5 Å². The Morgan fingerprint density at radius 1 is 0.602 bits per heavy atom. The van der Waals surface area contributed by atoms with Gasteiger partial charge in [0, 0.05) is 84.2 Å². The summed E-state index contributed by atoms with van der Waals surface area (Å²) in [6, 6.07) is 22.8. The van der Waals surface area contributed by atoms with E-state index in [1.54, 1.807) is 78.3 Å². The highest BCUT2D eigenvalue weighted by molar-refractivity contribution is 7.91. The number of aliphatic hydroxyl groups is 2. The number of benzene rings is 4. The number of anilines is 2. The SMILES string of the molecule is CO[C@H]1/C=C/C[C@H]([C@@H](C)O)[C@@H](C)S(=O)(=O)NC(=O)c2ccc3c(c2)N(C[C@@H]2CC[C@H]21)C[C@@]1(CCCc2cc(Cl)ccc21)CO3.CO[C@H]1/C=C/C[C@H]([C@H](C)O)[C@@H](C)S(=O)(=O)NC(=O)c2ccc3c(c2)N(C[C@@H]2CC[C@H]21)C[C@@]1(CCCc2cc(Cl)ccc21)CO3. The number of halogens is 2. The number of hydrogen-bond donors (Lipinski definition) is 4. The molecule has 4 aromatic rings. The van der Waals surface area contributed by atoms with Crippen LogP contribution in [0.2, 0.25) is 10.0 Å². The van der Waals surface area contributed by atoms with Crippen molar-refractivity contribution < 1.29 is 55.6 Å². The number of nitrogens with zero attached hydrogens (tertiary/aromatic N) is 2. The van der Waals surface area contributed by atoms with Crippen molar-refractivity contribution in [2.24, 2.45) is 35.5 Å². The number of allylic oxidation sites excluding steroid dienone is 2. The number of nitrogens with one attached hydrogen (secondary N) is 2. The van der Waals surface area contributed by atoms with Gasteiger partial charge >= 0.3 is 0 Å². The van der Waals surface area contributed by atoms with Crippen molar-refractivity contribution >= 4 is 66.4 Å². The number of methoxy groups -OCH3 is 2. The molecule has 2 saturated carbocycles. The molecule has 88 heavy (non-hydrogen) atoms. The summed E-state index contributed by atoms with van der Waals surface area (Å²) in [6.45, 7) is 10.2. The number of fused-ring (bicyclic) bond motifs is 8. The lowest BCUT2D eigenvalue weighted by molar-refractivity contribution is 0.0130. The number of ether oxygens (including phenoxy) is 4. The van der Waals surface area contributed by atoms with Crippen LogP contribution in [-0.4, -0.2) is 127 Å². The summed E-state index contributed by atoms with van der Waals surface area (Å²) in [6.07, 6.45) is 16.7. The average molecular weight is 1290 g/mol. The molecule has 4 bridgehead atoms. The first kappa shape index (κ1) is 64.4. The van der Waals surface area contributed by atoms with Crippen molar-refractivity contribution in [1.82, 2.24) is 9.44 Å². The van der Waals surface area contributed by atoms with E-state index in [9.17, 15) is 36.6 Å². The Hall–Kier alpha value is -5.18. The van der Waals surface area contributed by atoms with E-state index in [0.717, 1.165) is 98.7 Å². The van der Waals surface area contributed by atoms with Gasteiger partial charge in [-0.1, -0.05) is 59.6 Å². The number of aryl methyl sites for hydroxylation is 2. The van der Waals surface area contributed by atoms with Gasteiger partial charge in [-0.2, -0.15) is 0 Å². The van der Waals surface area contributed by atoms with E-state index in [0.29, 0.717) is 74.3 Å². The van der Waals surface area contributed by atoms with Gasteiger partial charge in [-0.25, -0.2) is 26.3 Å². The van der Waals surface area contributed by atoms with Crippen LogP contribution in [0.1, 0.15) is 135 Å². The molecular formula is C68H86Cl2N4O12S2. The van der Waals surface area contributed by atoms with E-state index < -0.39 is 66.4 Å². The Labute approximate surface area is 529 Å². The summed E-state index contributed by atoms with van der Waals surface area (Å²) in [7, 11) is -4.74. The van der Waals surface area contributed by atoms with E-state index in [1.165, 1.54) is 22.3 Å². The highest BCUT2D eigenvalue weighted by Crippen LogP contribution is 2.50. The van der Waals surface area contributed by atoms with Crippen LogP contribution in [0.4, 0.5) is 11.4 Å². The summed E-state index contributed by atoms with van der Waals surface area (Å²) < 4.78 is 83.2. The second kappa shape index (κ2) is 26.2. The molecule has 476 valence electrons. The van der Waals surface area contributed by atoms with Crippen molar-refractivity contribution in [2.75, 3.05) is 63.4 Å². The van der Waals surface area contributed by atoms with E-state index in [1.807, 2.05) is 36.4 Å². The highest BCUT2D eigenvalue weighted by Gasteiger charge is 2.47. The standard InChI is InChI=1S/2C34H43ClN2O6S/c2*1-21(38)27-7-4-8-31(42-3)28-12-9-25(28)18-37-19-34(15-5-6-23-16-26(35)11-13-29(23)34)20-43-32-14-10-24(17-30(32)37)33(39)36-44(40,41)22(27)2/h2*4,8,10-11,13-14,16-17,21-22,25,27-28,31,38H,5-7,9,12,15,18-20H2,1-3H3,(H,36,39)/b2*8-4+/t21-,22+,25-,27+,28+,31-,34-;21-,22-,25+,27-,28-,31+,34+/m01/s1. The molecule has 0 unspecified atom stereocenters. The van der Waals surface area contributed by atoms with Crippen LogP contribution in [-0.2, 0) is 53.2 Å². The molecule has 2 spiro atoms. The first-order valence-electron chi connectivity index (χ1n) is 31.5. The third kappa shape index (κ3) is 13.0. The normalized spacial score (nSPS) is 33.1. The second-order valence-corrected chi connectivity index (χ2v) is 31.4. The van der Waals surface area contributed by atoms with Gasteiger partial charge in [0.2, 0.25) is 20.0 Å². The number of amides is 2. The molecule has 14 atom stereocenters. The highest BCUT2D eigenvalue weighted by atomic mass is 35.5. The minimum Gasteiger partial charge on any atom is -0.490 e. The number of hydrogen-bond acceptors (Lipinski definition) is 14. The first-order chi connectivity index (χ1) is 42.0. The van der Waals surface area contributed by atoms with Crippen molar-refractivity contribution in [3.8, 4) is 11.5 Å². The molecule has 16 nitrogen and oxygen atoms in total. The molecule has 4 N–H and O–H groups in total. The third-order valence-electron chi connectivity index (χ3n) is 21.2. The van der Waals surface area contributed by atoms with Gasteiger partial charge in [-0.05, 0) is 211 Å². The fourth-order valence-corrected chi connectivity index (χ4v) is 18.8. The molecule has 2 amide bonds. The lowest BCUT2D eigenvalue weighted by Gasteiger charge is -2.46. The van der Waals surface area contributed by atoms with E-state index >= 15 is 0 Å². The minimum absolute atomic E-state index is 0.122. The van der Waals surface area contributed by atoms with Gasteiger partial charge in [0.25, 0.3) is 11.8 Å². The average Bonchev–Trinajstić information content (AvgIpc) is 2.31. The minimum atomic E-state index is -4.09. The van der Waals surface area contributed by atoms with Crippen LogP contribution in [0.15, 0.2) is 97.1 Å². The molecule has 0 aromatic heterocycles. The van der Waals surface area contributed by atoms with Gasteiger partial charge in [0.15, 0.2) is 0 Å². The fourth-order valence-electron chi connectivity index (χ4n) is 15.7. The van der Waals surface area contributed by atoms with E-state index in [4.69, 9.17) is 42.1 Å². The van der Waals surface area contributed by atoms with Crippen LogP contribution < -0.4 is 28.7 Å². The molecule has 4 aliphatic heterocycles. The Bertz CT molecular complexity index is 3320. The summed E-state index contributed by atoms with van der Waals surface area (Å²) in [5.74, 6) is 0.101. The molecule has 8 aliphatic rings. The van der Waals surface area contributed by atoms with Crippen molar-refractivity contribution in [2.45, 2.75) is 150 Å². The van der Waals surface area contributed by atoms with E-state index in [2.05, 4.69) is 43.5 Å². The number of rotatable bonds is 4.